The van der Waals surface area contributed by atoms with E-state index in [9.17, 15) is 9.59 Å². The molecule has 0 bridgehead atoms. The number of benzene rings is 2. The lowest BCUT2D eigenvalue weighted by Gasteiger charge is -2.24. The molecule has 1 aliphatic heterocycles. The first-order chi connectivity index (χ1) is 12.6. The normalized spacial score (nSPS) is 17.1. The summed E-state index contributed by atoms with van der Waals surface area (Å²) in [6, 6.07) is 15.3. The lowest BCUT2D eigenvalue weighted by atomic mass is 10.0. The molecule has 2 aromatic carbocycles. The van der Waals surface area contributed by atoms with Gasteiger partial charge >= 0.3 is 0 Å². The first-order valence-electron chi connectivity index (χ1n) is 8.85. The van der Waals surface area contributed by atoms with Crippen molar-refractivity contribution in [2.45, 2.75) is 25.8 Å². The molecule has 2 aromatic rings. The number of ether oxygens (including phenoxy) is 1. The number of methoxy groups -OCH3 is 1. The maximum absolute atomic E-state index is 12.4. The van der Waals surface area contributed by atoms with E-state index < -0.39 is 0 Å². The lowest BCUT2D eigenvalue weighted by molar-refractivity contribution is -0.117. The Labute approximate surface area is 154 Å². The molecule has 1 N–H and O–H groups in total. The molecule has 1 amide bonds. The summed E-state index contributed by atoms with van der Waals surface area (Å²) in [5, 5.41) is 2.91. The number of rotatable bonds is 6. The quantitative estimate of drug-likeness (QED) is 0.806. The van der Waals surface area contributed by atoms with Gasteiger partial charge in [-0.3, -0.25) is 14.5 Å². The van der Waals surface area contributed by atoms with Gasteiger partial charge in [-0.15, -0.1) is 0 Å². The lowest BCUT2D eigenvalue weighted by Crippen LogP contribution is -2.32. The predicted molar refractivity (Wildman–Crippen MR) is 102 cm³/mol. The average molecular weight is 352 g/mol. The smallest absolute Gasteiger partial charge is 0.238 e. The first-order valence-corrected chi connectivity index (χ1v) is 8.85. The molecule has 0 radical (unpaired) electrons. The first kappa shape index (κ1) is 18.1. The molecule has 0 aromatic heterocycles. The largest absolute Gasteiger partial charge is 0.497 e. The van der Waals surface area contributed by atoms with Gasteiger partial charge in [-0.25, -0.2) is 0 Å². The van der Waals surface area contributed by atoms with Crippen molar-refractivity contribution in [3.05, 3.63) is 59.7 Å². The van der Waals surface area contributed by atoms with Crippen LogP contribution in [0.4, 0.5) is 5.69 Å². The molecule has 1 saturated heterocycles. The highest BCUT2D eigenvalue weighted by Crippen LogP contribution is 2.32. The molecular weight excluding hydrogens is 328 g/mol. The van der Waals surface area contributed by atoms with E-state index in [0.717, 1.165) is 25.1 Å². The number of nitrogens with one attached hydrogen (secondary N) is 1. The molecular formula is C21H24N2O3. The number of ketones is 1. The Kier molecular flexibility index (Phi) is 5.68. The number of amides is 1. The monoisotopic (exact) mass is 352 g/mol. The number of nitrogens with zero attached hydrogens (tertiary/aromatic N) is 1. The predicted octanol–water partition coefficient (Wildman–Crippen LogP) is 3.67. The third-order valence-corrected chi connectivity index (χ3v) is 4.79. The minimum absolute atomic E-state index is 0.0160. The van der Waals surface area contributed by atoms with Gasteiger partial charge in [0.05, 0.1) is 13.7 Å². The Balaban J connectivity index is 1.61. The third kappa shape index (κ3) is 4.29. The van der Waals surface area contributed by atoms with Crippen molar-refractivity contribution in [3.8, 4) is 5.75 Å². The molecule has 5 heteroatoms. The number of hydrogen-bond donors (Lipinski definition) is 1. The highest BCUT2D eigenvalue weighted by Gasteiger charge is 2.27. The van der Waals surface area contributed by atoms with Crippen LogP contribution in [0.15, 0.2) is 48.5 Å². The van der Waals surface area contributed by atoms with Gasteiger partial charge in [0, 0.05) is 17.3 Å². The number of carbonyl (C=O) groups is 2. The van der Waals surface area contributed by atoms with Gasteiger partial charge in [0.15, 0.2) is 5.78 Å². The van der Waals surface area contributed by atoms with Crippen molar-refractivity contribution >= 4 is 17.4 Å². The van der Waals surface area contributed by atoms with Gasteiger partial charge in [0.2, 0.25) is 5.91 Å². The SMILES string of the molecule is COc1ccc(C2CCCN2CC(=O)Nc2ccc(C(C)=O)cc2)cc1. The maximum atomic E-state index is 12.4. The molecule has 3 rings (SSSR count). The Hall–Kier alpha value is -2.66. The van der Waals surface area contributed by atoms with Crippen molar-refractivity contribution in [1.29, 1.82) is 0 Å². The summed E-state index contributed by atoms with van der Waals surface area (Å²) in [5.74, 6) is 0.813. The second-order valence-corrected chi connectivity index (χ2v) is 6.58. The zero-order valence-electron chi connectivity index (χ0n) is 15.2. The molecule has 26 heavy (non-hydrogen) atoms. The summed E-state index contributed by atoms with van der Waals surface area (Å²) in [4.78, 5) is 26.0. The number of likely N-dealkylation sites (tertiary alicyclic amines) is 1. The Morgan fingerprint density at radius 3 is 2.42 bits per heavy atom. The second kappa shape index (κ2) is 8.15. The van der Waals surface area contributed by atoms with Crippen LogP contribution in [0.25, 0.3) is 0 Å². The van der Waals surface area contributed by atoms with Crippen molar-refractivity contribution in [1.82, 2.24) is 4.90 Å². The molecule has 0 saturated carbocycles. The average Bonchev–Trinajstić information content (AvgIpc) is 3.10. The van der Waals surface area contributed by atoms with E-state index in [4.69, 9.17) is 4.74 Å². The molecule has 136 valence electrons. The van der Waals surface area contributed by atoms with E-state index in [0.29, 0.717) is 17.8 Å². The zero-order valence-corrected chi connectivity index (χ0v) is 15.2. The summed E-state index contributed by atoms with van der Waals surface area (Å²) >= 11 is 0. The van der Waals surface area contributed by atoms with Gasteiger partial charge in [0.25, 0.3) is 0 Å². The second-order valence-electron chi connectivity index (χ2n) is 6.58. The van der Waals surface area contributed by atoms with Gasteiger partial charge in [-0.05, 0) is 68.3 Å². The van der Waals surface area contributed by atoms with Crippen LogP contribution in [0.5, 0.6) is 5.75 Å². The number of anilines is 1. The summed E-state index contributed by atoms with van der Waals surface area (Å²) < 4.78 is 5.21. The van der Waals surface area contributed by atoms with Crippen LogP contribution in [0, 0.1) is 0 Å². The maximum Gasteiger partial charge on any atom is 0.238 e. The molecule has 1 aliphatic rings. The Morgan fingerprint density at radius 2 is 1.81 bits per heavy atom. The number of hydrogen-bond acceptors (Lipinski definition) is 4. The highest BCUT2D eigenvalue weighted by molar-refractivity contribution is 5.96. The highest BCUT2D eigenvalue weighted by atomic mass is 16.5. The molecule has 1 heterocycles. The minimum atomic E-state index is -0.0408. The fourth-order valence-electron chi connectivity index (χ4n) is 3.39. The van der Waals surface area contributed by atoms with E-state index in [1.54, 1.807) is 31.4 Å². The summed E-state index contributed by atoms with van der Waals surface area (Å²) in [7, 11) is 1.66. The summed E-state index contributed by atoms with van der Waals surface area (Å²) in [6.45, 7) is 2.79. The molecule has 1 atom stereocenters. The van der Waals surface area contributed by atoms with Crippen LogP contribution in [0.1, 0.15) is 41.7 Å². The van der Waals surface area contributed by atoms with Gasteiger partial charge in [0.1, 0.15) is 5.75 Å². The van der Waals surface area contributed by atoms with E-state index in [1.807, 2.05) is 12.1 Å². The summed E-state index contributed by atoms with van der Waals surface area (Å²) in [6.07, 6.45) is 2.13. The van der Waals surface area contributed by atoms with E-state index >= 15 is 0 Å². The number of Topliss-reactive ketones (excluding diaryl/α,β-unsaturated/α-hetero) is 1. The van der Waals surface area contributed by atoms with Gasteiger partial charge in [-0.1, -0.05) is 12.1 Å². The molecule has 5 nitrogen and oxygen atoms in total. The van der Waals surface area contributed by atoms with Crippen LogP contribution in [-0.4, -0.2) is 36.8 Å². The standard InChI is InChI=1S/C21H24N2O3/c1-15(24)16-5-9-18(10-6-16)22-21(25)14-23-13-3-4-20(23)17-7-11-19(26-2)12-8-17/h5-12,20H,3-4,13-14H2,1-2H3,(H,22,25). The fraction of sp³-hybridized carbons (Fsp3) is 0.333. The van der Waals surface area contributed by atoms with E-state index in [1.165, 1.54) is 12.5 Å². The van der Waals surface area contributed by atoms with Crippen molar-refractivity contribution in [2.24, 2.45) is 0 Å². The van der Waals surface area contributed by atoms with Crippen molar-refractivity contribution in [2.75, 3.05) is 25.5 Å². The number of carbonyl (C=O) groups excluding carboxylic acids is 2. The van der Waals surface area contributed by atoms with Gasteiger partial charge in [-0.2, -0.15) is 0 Å². The topological polar surface area (TPSA) is 58.6 Å². The fourth-order valence-corrected chi connectivity index (χ4v) is 3.39. The Bertz CT molecular complexity index is 769. The van der Waals surface area contributed by atoms with Crippen LogP contribution in [0.3, 0.4) is 0 Å². The van der Waals surface area contributed by atoms with Gasteiger partial charge < -0.3 is 10.1 Å². The van der Waals surface area contributed by atoms with Crippen molar-refractivity contribution < 1.29 is 14.3 Å². The Morgan fingerprint density at radius 1 is 1.12 bits per heavy atom. The molecule has 0 aliphatic carbocycles. The third-order valence-electron chi connectivity index (χ3n) is 4.79. The van der Waals surface area contributed by atoms with Crippen LogP contribution >= 0.6 is 0 Å². The molecule has 0 spiro atoms. The van der Waals surface area contributed by atoms with E-state index in [2.05, 4.69) is 22.3 Å². The summed E-state index contributed by atoms with van der Waals surface area (Å²) in [5.41, 5.74) is 2.56. The molecule has 1 unspecified atom stereocenters. The van der Waals surface area contributed by atoms with Crippen LogP contribution in [-0.2, 0) is 4.79 Å². The molecule has 1 fully saturated rings. The van der Waals surface area contributed by atoms with E-state index in [-0.39, 0.29) is 17.7 Å². The zero-order chi connectivity index (χ0) is 18.5. The van der Waals surface area contributed by atoms with Crippen molar-refractivity contribution in [3.63, 3.8) is 0 Å². The van der Waals surface area contributed by atoms with Crippen LogP contribution < -0.4 is 10.1 Å². The van der Waals surface area contributed by atoms with Crippen LogP contribution in [0.2, 0.25) is 0 Å². The minimum Gasteiger partial charge on any atom is -0.497 e.